The van der Waals surface area contributed by atoms with Crippen LogP contribution in [0.25, 0.3) is 0 Å². The first-order valence-corrected chi connectivity index (χ1v) is 2.35. The molecule has 0 heterocycles. The highest BCUT2D eigenvalue weighted by Gasteiger charge is 2.00. The molecule has 0 rings (SSSR count). The van der Waals surface area contributed by atoms with Gasteiger partial charge < -0.3 is 20.2 Å². The largest absolute Gasteiger partial charge is 0.466 e. The number of phosphoric acid groups is 1. The molecule has 0 amide bonds. The molecule has 0 saturated carbocycles. The Bertz CT molecular complexity index is 58.6. The zero-order valence-electron chi connectivity index (χ0n) is 2.70. The molecule has 5 nitrogen and oxygen atoms in total. The Hall–Kier alpha value is 1.37. The molecule has 0 fully saturated rings. The second-order valence-corrected chi connectivity index (χ2v) is 1.54. The standard InChI is InChI=1S/Al.Mg.H3O4P.H2O.5H/c;;1-5(2,3)4;;;;;;/h;;(H3,1,2,3,4);1H2;;;;;. The zero-order valence-corrected chi connectivity index (χ0v) is 3.59. The molecule has 0 atom stereocenters. The molecule has 8 heavy (non-hydrogen) atoms. The molecule has 8 heteroatoms. The SMILES string of the molecule is O.O=P(O)(O)O.[AlH3].[MgH2]. The highest BCUT2D eigenvalue weighted by atomic mass is 31.2. The third-order valence-corrected chi connectivity index (χ3v) is 0. The van der Waals surface area contributed by atoms with Gasteiger partial charge in [-0.05, 0) is 0 Å². The van der Waals surface area contributed by atoms with Gasteiger partial charge >= 0.3 is 30.9 Å². The fraction of sp³-hybridized carbons (Fsp3) is 0. The van der Waals surface area contributed by atoms with Gasteiger partial charge in [-0.1, -0.05) is 0 Å². The Balaban J connectivity index is -0.0000000267. The first kappa shape index (κ1) is 22.8. The van der Waals surface area contributed by atoms with E-state index < -0.39 is 7.82 Å². The summed E-state index contributed by atoms with van der Waals surface area (Å²) in [4.78, 5) is 21.6. The van der Waals surface area contributed by atoms with Gasteiger partial charge in [-0.15, -0.1) is 0 Å². The van der Waals surface area contributed by atoms with Crippen LogP contribution in [0.2, 0.25) is 0 Å². The van der Waals surface area contributed by atoms with E-state index >= 15 is 0 Å². The van der Waals surface area contributed by atoms with Crippen LogP contribution in [0.4, 0.5) is 0 Å². The molecule has 0 aromatic heterocycles. The van der Waals surface area contributed by atoms with Crippen molar-refractivity contribution in [2.24, 2.45) is 0 Å². The highest BCUT2D eigenvalue weighted by molar-refractivity contribution is 7.45. The van der Waals surface area contributed by atoms with Crippen molar-refractivity contribution < 1.29 is 24.7 Å². The summed E-state index contributed by atoms with van der Waals surface area (Å²) in [6.45, 7) is 0. The van der Waals surface area contributed by atoms with Crippen LogP contribution >= 0.6 is 7.82 Å². The van der Waals surface area contributed by atoms with Crippen LogP contribution in [0.3, 0.4) is 0 Å². The van der Waals surface area contributed by atoms with Crippen LogP contribution in [0, 0.1) is 0 Å². The van der Waals surface area contributed by atoms with Gasteiger partial charge in [0.1, 0.15) is 0 Å². The van der Waals surface area contributed by atoms with Gasteiger partial charge in [0.05, 0.1) is 0 Å². The number of rotatable bonds is 0. The second kappa shape index (κ2) is 8.37. The minimum absolute atomic E-state index is 0. The third-order valence-electron chi connectivity index (χ3n) is 0. The van der Waals surface area contributed by atoms with Crippen molar-refractivity contribution in [3.05, 3.63) is 0 Å². The fourth-order valence-corrected chi connectivity index (χ4v) is 0. The topological polar surface area (TPSA) is 109 Å². The van der Waals surface area contributed by atoms with Gasteiger partial charge in [0.15, 0.2) is 17.4 Å². The molecular weight excluding hydrogens is 162 g/mol. The Labute approximate surface area is 72.9 Å². The maximum absolute atomic E-state index is 8.88. The Kier molecular flexibility index (Phi) is 23.8. The van der Waals surface area contributed by atoms with Crippen molar-refractivity contribution in [3.63, 3.8) is 0 Å². The van der Waals surface area contributed by atoms with Gasteiger partial charge in [0, 0.05) is 0 Å². The van der Waals surface area contributed by atoms with Gasteiger partial charge in [-0.2, -0.15) is 0 Å². The van der Waals surface area contributed by atoms with E-state index in [1.807, 2.05) is 0 Å². The molecule has 0 saturated heterocycles. The molecule has 0 aliphatic heterocycles. The van der Waals surface area contributed by atoms with Crippen LogP contribution < -0.4 is 0 Å². The average Bonchev–Trinajstić information content (AvgIpc) is 0.722. The summed E-state index contributed by atoms with van der Waals surface area (Å²) in [6, 6.07) is 0. The fourth-order valence-electron chi connectivity index (χ4n) is 0. The molecule has 5 N–H and O–H groups in total. The van der Waals surface area contributed by atoms with Crippen LogP contribution in [-0.2, 0) is 4.57 Å². The molecule has 0 spiro atoms. The van der Waals surface area contributed by atoms with Gasteiger partial charge in [-0.25, -0.2) is 4.57 Å². The van der Waals surface area contributed by atoms with E-state index in [2.05, 4.69) is 0 Å². The van der Waals surface area contributed by atoms with Crippen LogP contribution in [0.1, 0.15) is 0 Å². The molecule has 0 aliphatic carbocycles. The summed E-state index contributed by atoms with van der Waals surface area (Å²) in [5.74, 6) is 0. The molecular formula is H10AlMgO5P. The number of hydrogen-bond donors (Lipinski definition) is 3. The van der Waals surface area contributed by atoms with Crippen molar-refractivity contribution in [1.29, 1.82) is 0 Å². The minimum Gasteiger partial charge on any atom is -0.412 e. The van der Waals surface area contributed by atoms with E-state index in [0.29, 0.717) is 0 Å². The molecule has 0 aromatic carbocycles. The van der Waals surface area contributed by atoms with E-state index in [4.69, 9.17) is 19.2 Å². The summed E-state index contributed by atoms with van der Waals surface area (Å²) in [5, 5.41) is 0. The third kappa shape index (κ3) is 160. The Morgan fingerprint density at radius 3 is 1.12 bits per heavy atom. The lowest BCUT2D eigenvalue weighted by molar-refractivity contribution is 0.275. The lowest BCUT2D eigenvalue weighted by atomic mass is 15.8. The predicted molar refractivity (Wildman–Crippen MR) is 36.4 cm³/mol. The van der Waals surface area contributed by atoms with Crippen molar-refractivity contribution >= 4 is 48.2 Å². The lowest BCUT2D eigenvalue weighted by Crippen LogP contribution is -1.66. The summed E-state index contributed by atoms with van der Waals surface area (Å²) in [6.07, 6.45) is 0. The quantitative estimate of drug-likeness (QED) is 0.257. The lowest BCUT2D eigenvalue weighted by Gasteiger charge is -1.82. The second-order valence-electron chi connectivity index (χ2n) is 0.513. The van der Waals surface area contributed by atoms with Crippen molar-refractivity contribution in [2.45, 2.75) is 0 Å². The molecule has 0 radical (unpaired) electrons. The monoisotopic (exact) mass is 172 g/mol. The van der Waals surface area contributed by atoms with E-state index in [9.17, 15) is 0 Å². The smallest absolute Gasteiger partial charge is 0.412 e. The average molecular weight is 172 g/mol. The Morgan fingerprint density at radius 1 is 1.12 bits per heavy atom. The summed E-state index contributed by atoms with van der Waals surface area (Å²) in [5.41, 5.74) is 0. The molecule has 50 valence electrons. The minimum atomic E-state index is -4.64. The maximum Gasteiger partial charge on any atom is 0.466 e. The van der Waals surface area contributed by atoms with Crippen molar-refractivity contribution in [3.8, 4) is 0 Å². The normalized spacial score (nSPS) is 7.38. The van der Waals surface area contributed by atoms with Crippen LogP contribution in [0.15, 0.2) is 0 Å². The van der Waals surface area contributed by atoms with E-state index in [1.54, 1.807) is 0 Å². The summed E-state index contributed by atoms with van der Waals surface area (Å²) < 4.78 is 8.88. The van der Waals surface area contributed by atoms with Crippen molar-refractivity contribution in [1.82, 2.24) is 0 Å². The summed E-state index contributed by atoms with van der Waals surface area (Å²) >= 11 is 0. The van der Waals surface area contributed by atoms with E-state index in [1.165, 1.54) is 0 Å². The van der Waals surface area contributed by atoms with Crippen LogP contribution in [-0.4, -0.2) is 60.6 Å². The molecule has 0 aromatic rings. The first-order chi connectivity index (χ1) is 2.00. The predicted octanol–water partition coefficient (Wildman–Crippen LogP) is -3.85. The Morgan fingerprint density at radius 2 is 1.12 bits per heavy atom. The molecule has 0 unspecified atom stereocenters. The molecule has 0 aliphatic rings. The summed E-state index contributed by atoms with van der Waals surface area (Å²) in [7, 11) is -4.64. The highest BCUT2D eigenvalue weighted by Crippen LogP contribution is 2.25. The molecule has 0 bridgehead atoms. The van der Waals surface area contributed by atoms with E-state index in [-0.39, 0.29) is 45.9 Å². The van der Waals surface area contributed by atoms with Gasteiger partial charge in [0.2, 0.25) is 0 Å². The zero-order chi connectivity index (χ0) is 4.50. The van der Waals surface area contributed by atoms with Gasteiger partial charge in [-0.3, -0.25) is 0 Å². The number of hydrogen-bond acceptors (Lipinski definition) is 1. The van der Waals surface area contributed by atoms with Gasteiger partial charge in [0.25, 0.3) is 0 Å². The first-order valence-electron chi connectivity index (χ1n) is 0.783. The van der Waals surface area contributed by atoms with Crippen LogP contribution in [0.5, 0.6) is 0 Å². The van der Waals surface area contributed by atoms with Crippen molar-refractivity contribution in [2.75, 3.05) is 0 Å². The van der Waals surface area contributed by atoms with E-state index in [0.717, 1.165) is 0 Å². The maximum atomic E-state index is 8.88.